The number of likely N-dealkylation sites (N-methyl/N-ethyl adjacent to an activating group) is 1. The van der Waals surface area contributed by atoms with Crippen LogP contribution >= 0.6 is 11.3 Å². The number of carbonyl (C=O) groups is 1. The van der Waals surface area contributed by atoms with Gasteiger partial charge in [-0.3, -0.25) is 14.2 Å². The molecule has 1 amide bonds. The molecule has 0 unspecified atom stereocenters. The van der Waals surface area contributed by atoms with Crippen LogP contribution in [-0.4, -0.2) is 62.9 Å². The van der Waals surface area contributed by atoms with Crippen LogP contribution in [0.3, 0.4) is 0 Å². The molecule has 1 aliphatic rings. The van der Waals surface area contributed by atoms with Crippen molar-refractivity contribution in [1.82, 2.24) is 9.47 Å². The summed E-state index contributed by atoms with van der Waals surface area (Å²) in [6.07, 6.45) is 1.83. The Morgan fingerprint density at radius 2 is 1.64 bits per heavy atom. The predicted octanol–water partition coefficient (Wildman–Crippen LogP) is 3.98. The maximum Gasteiger partial charge on any atom is 0.271 e. The summed E-state index contributed by atoms with van der Waals surface area (Å²) in [5, 5.41) is 0. The highest BCUT2D eigenvalue weighted by Crippen LogP contribution is 2.38. The van der Waals surface area contributed by atoms with E-state index in [1.54, 1.807) is 42.9 Å². The lowest BCUT2D eigenvalue weighted by atomic mass is 9.93. The molecule has 42 heavy (non-hydrogen) atoms. The molecule has 2 aromatic carbocycles. The van der Waals surface area contributed by atoms with E-state index >= 15 is 0 Å². The van der Waals surface area contributed by atoms with E-state index in [-0.39, 0.29) is 11.5 Å². The zero-order valence-corrected chi connectivity index (χ0v) is 26.5. The molecule has 0 radical (unpaired) electrons. The number of nitrogens with zero attached hydrogens (tertiary/aromatic N) is 4. The van der Waals surface area contributed by atoms with E-state index in [1.807, 2.05) is 51.1 Å². The highest BCUT2D eigenvalue weighted by molar-refractivity contribution is 7.07. The third-order valence-electron chi connectivity index (χ3n) is 7.67. The van der Waals surface area contributed by atoms with Gasteiger partial charge in [0.05, 0.1) is 37.1 Å². The van der Waals surface area contributed by atoms with Crippen LogP contribution in [0.2, 0.25) is 0 Å². The number of rotatable bonds is 11. The first-order valence-electron chi connectivity index (χ1n) is 14.2. The Hall–Kier alpha value is -4.05. The van der Waals surface area contributed by atoms with Crippen molar-refractivity contribution in [1.29, 1.82) is 0 Å². The summed E-state index contributed by atoms with van der Waals surface area (Å²) in [4.78, 5) is 37.4. The predicted molar refractivity (Wildman–Crippen MR) is 168 cm³/mol. The van der Waals surface area contributed by atoms with Crippen LogP contribution in [0.4, 0.5) is 5.69 Å². The van der Waals surface area contributed by atoms with Crippen molar-refractivity contribution in [3.8, 4) is 17.2 Å². The fourth-order valence-corrected chi connectivity index (χ4v) is 6.41. The fraction of sp³-hybridized carbons (Fsp3) is 0.406. The van der Waals surface area contributed by atoms with Crippen molar-refractivity contribution in [2.75, 3.05) is 52.4 Å². The van der Waals surface area contributed by atoms with Crippen molar-refractivity contribution < 1.29 is 19.0 Å². The Morgan fingerprint density at radius 3 is 2.24 bits per heavy atom. The molecule has 3 aromatic rings. The number of amides is 1. The summed E-state index contributed by atoms with van der Waals surface area (Å²) in [6.45, 7) is 12.7. The van der Waals surface area contributed by atoms with Gasteiger partial charge in [-0.25, -0.2) is 4.99 Å². The summed E-state index contributed by atoms with van der Waals surface area (Å²) in [5.41, 5.74) is 3.23. The van der Waals surface area contributed by atoms with Gasteiger partial charge in [-0.2, -0.15) is 0 Å². The lowest BCUT2D eigenvalue weighted by Crippen LogP contribution is -2.43. The molecular formula is C32H40N4O5S. The van der Waals surface area contributed by atoms with Crippen molar-refractivity contribution in [3.05, 3.63) is 78.5 Å². The monoisotopic (exact) mass is 592 g/mol. The van der Waals surface area contributed by atoms with E-state index in [4.69, 9.17) is 19.2 Å². The van der Waals surface area contributed by atoms with Gasteiger partial charge in [0.1, 0.15) is 23.3 Å². The minimum atomic E-state index is -0.756. The summed E-state index contributed by atoms with van der Waals surface area (Å²) >= 11 is 1.29. The summed E-state index contributed by atoms with van der Waals surface area (Å²) in [6, 6.07) is 10.6. The number of benzene rings is 2. The van der Waals surface area contributed by atoms with Crippen LogP contribution in [-0.2, 0) is 4.79 Å². The van der Waals surface area contributed by atoms with Gasteiger partial charge in [-0.05, 0) is 71.0 Å². The molecule has 1 aliphatic heterocycles. The average Bonchev–Trinajstić information content (AvgIpc) is 3.31. The molecule has 0 fully saturated rings. The molecule has 0 spiro atoms. The Morgan fingerprint density at radius 1 is 0.952 bits per heavy atom. The number of anilines is 1. The molecule has 0 bridgehead atoms. The number of hydrogen-bond donors (Lipinski definition) is 0. The van der Waals surface area contributed by atoms with Crippen molar-refractivity contribution in [3.63, 3.8) is 0 Å². The third-order valence-corrected chi connectivity index (χ3v) is 8.65. The minimum Gasteiger partial charge on any atom is -0.497 e. The molecule has 1 atom stereocenters. The first kappa shape index (κ1) is 30.9. The van der Waals surface area contributed by atoms with E-state index in [1.165, 1.54) is 11.3 Å². The van der Waals surface area contributed by atoms with Crippen LogP contribution < -0.4 is 34.0 Å². The van der Waals surface area contributed by atoms with E-state index in [0.29, 0.717) is 56.5 Å². The molecule has 4 rings (SSSR count). The second-order valence-corrected chi connectivity index (χ2v) is 10.8. The van der Waals surface area contributed by atoms with Crippen LogP contribution in [0.1, 0.15) is 51.8 Å². The van der Waals surface area contributed by atoms with Gasteiger partial charge in [0.15, 0.2) is 4.80 Å². The highest BCUT2D eigenvalue weighted by Gasteiger charge is 2.36. The standard InChI is InChI=1S/C32H40N4O5S/c1-9-34(10-2)22-14-13-21(26(18-22)41-8)17-27-30(37)36-29(24-19-23(39-6)15-16-25(24)40-7)28(20(5)33-32(36)42-27)31(38)35(11-3)12-4/h13-19,29H,9-12H2,1-8H3/b27-17+/t29-/m0/s1. The van der Waals surface area contributed by atoms with E-state index in [2.05, 4.69) is 18.7 Å². The van der Waals surface area contributed by atoms with Crippen molar-refractivity contribution in [2.24, 2.45) is 4.99 Å². The average molecular weight is 593 g/mol. The van der Waals surface area contributed by atoms with Gasteiger partial charge in [0.2, 0.25) is 0 Å². The smallest absolute Gasteiger partial charge is 0.271 e. The lowest BCUT2D eigenvalue weighted by molar-refractivity contribution is -0.127. The Bertz CT molecular complexity index is 1660. The highest BCUT2D eigenvalue weighted by atomic mass is 32.1. The first-order chi connectivity index (χ1) is 20.3. The largest absolute Gasteiger partial charge is 0.497 e. The van der Waals surface area contributed by atoms with E-state index < -0.39 is 6.04 Å². The SMILES string of the molecule is CCN(CC)C(=O)C1=C(C)N=c2s/c(=C/c3ccc(N(CC)CC)cc3OC)c(=O)n2[C@H]1c1cc(OC)ccc1OC. The number of allylic oxidation sites excluding steroid dienone is 1. The molecule has 0 aliphatic carbocycles. The van der Waals surface area contributed by atoms with E-state index in [9.17, 15) is 9.59 Å². The Balaban J connectivity index is 1.98. The number of hydrogen-bond acceptors (Lipinski definition) is 8. The van der Waals surface area contributed by atoms with Crippen LogP contribution in [0.15, 0.2) is 57.5 Å². The maximum absolute atomic E-state index is 14.2. The number of carbonyl (C=O) groups excluding carboxylic acids is 1. The van der Waals surface area contributed by atoms with E-state index in [0.717, 1.165) is 24.3 Å². The molecule has 2 heterocycles. The summed E-state index contributed by atoms with van der Waals surface area (Å²) in [5.74, 6) is 1.64. The minimum absolute atomic E-state index is 0.168. The molecule has 9 nitrogen and oxygen atoms in total. The van der Waals surface area contributed by atoms with Crippen LogP contribution in [0.25, 0.3) is 6.08 Å². The van der Waals surface area contributed by atoms with Crippen LogP contribution in [0, 0.1) is 0 Å². The van der Waals surface area contributed by atoms with Gasteiger partial charge < -0.3 is 24.0 Å². The molecule has 10 heteroatoms. The van der Waals surface area contributed by atoms with Gasteiger partial charge in [0.25, 0.3) is 11.5 Å². The van der Waals surface area contributed by atoms with Crippen molar-refractivity contribution >= 4 is 29.0 Å². The number of ether oxygens (including phenoxy) is 3. The molecule has 224 valence electrons. The third kappa shape index (κ3) is 5.68. The summed E-state index contributed by atoms with van der Waals surface area (Å²) < 4.78 is 19.1. The molecule has 0 N–H and O–H groups in total. The summed E-state index contributed by atoms with van der Waals surface area (Å²) in [7, 11) is 4.79. The Kier molecular flexibility index (Phi) is 9.78. The molecule has 1 aromatic heterocycles. The maximum atomic E-state index is 14.2. The molecule has 0 saturated heterocycles. The normalized spacial score (nSPS) is 14.8. The number of aromatic nitrogens is 1. The fourth-order valence-electron chi connectivity index (χ4n) is 5.37. The topological polar surface area (TPSA) is 85.6 Å². The van der Waals surface area contributed by atoms with Gasteiger partial charge in [-0.15, -0.1) is 0 Å². The zero-order chi connectivity index (χ0) is 30.6. The molecular weight excluding hydrogens is 552 g/mol. The quantitative estimate of drug-likeness (QED) is 0.335. The van der Waals surface area contributed by atoms with Gasteiger partial charge >= 0.3 is 0 Å². The Labute approximate surface area is 251 Å². The van der Waals surface area contributed by atoms with Gasteiger partial charge in [0, 0.05) is 49.1 Å². The van der Waals surface area contributed by atoms with Crippen molar-refractivity contribution in [2.45, 2.75) is 40.7 Å². The van der Waals surface area contributed by atoms with Crippen LogP contribution in [0.5, 0.6) is 17.2 Å². The molecule has 0 saturated carbocycles. The second kappa shape index (κ2) is 13.3. The number of thiazole rings is 1. The zero-order valence-electron chi connectivity index (χ0n) is 25.7. The number of fused-ring (bicyclic) bond motifs is 1. The lowest BCUT2D eigenvalue weighted by Gasteiger charge is -2.30. The first-order valence-corrected chi connectivity index (χ1v) is 15.0. The second-order valence-electron chi connectivity index (χ2n) is 9.77. The van der Waals surface area contributed by atoms with Gasteiger partial charge in [-0.1, -0.05) is 11.3 Å². The number of methoxy groups -OCH3 is 3.